The van der Waals surface area contributed by atoms with Gasteiger partial charge in [-0.2, -0.15) is 0 Å². The number of anilines is 1. The number of hydrogen-bond acceptors (Lipinski definition) is 5. The molecule has 1 aromatic rings. The van der Waals surface area contributed by atoms with Crippen LogP contribution >= 0.6 is 0 Å². The Morgan fingerprint density at radius 1 is 1.35 bits per heavy atom. The number of nitrogens with zero attached hydrogens (tertiary/aromatic N) is 1. The average molecular weight is 240 g/mol. The molecular formula is C10H16N4O3. The monoisotopic (exact) mass is 240 g/mol. The van der Waals surface area contributed by atoms with Crippen LogP contribution in [-0.4, -0.2) is 33.4 Å². The van der Waals surface area contributed by atoms with E-state index in [0.717, 1.165) is 25.7 Å². The Labute approximate surface area is 97.3 Å². The van der Waals surface area contributed by atoms with Crippen molar-refractivity contribution in [3.8, 4) is 0 Å². The van der Waals surface area contributed by atoms with E-state index in [9.17, 15) is 14.7 Å². The fourth-order valence-electron chi connectivity index (χ4n) is 2.25. The molecule has 2 rings (SSSR count). The minimum atomic E-state index is -0.627. The van der Waals surface area contributed by atoms with E-state index in [2.05, 4.69) is 20.5 Å². The second kappa shape index (κ2) is 4.70. The molecule has 0 atom stereocenters. The predicted molar refractivity (Wildman–Crippen MR) is 62.0 cm³/mol. The second-order valence-electron chi connectivity index (χ2n) is 4.57. The van der Waals surface area contributed by atoms with Gasteiger partial charge in [0, 0.05) is 12.0 Å². The average Bonchev–Trinajstić information content (AvgIpc) is 2.77. The minimum Gasteiger partial charge on any atom is -0.396 e. The minimum absolute atomic E-state index is 0.0873. The molecule has 1 aliphatic rings. The standard InChI is InChI=1S/C10H16N4O3/c15-6-10(3-1-2-4-10)5-11-7-8(16)12-9(17)14-13-7/h15H,1-6H2,(H,11,13)(H2,12,14,16,17). The zero-order valence-electron chi connectivity index (χ0n) is 9.45. The third-order valence-electron chi connectivity index (χ3n) is 3.34. The maximum absolute atomic E-state index is 11.4. The molecule has 1 heterocycles. The molecule has 1 aliphatic carbocycles. The fourth-order valence-corrected chi connectivity index (χ4v) is 2.25. The predicted octanol–water partition coefficient (Wildman–Crippen LogP) is -0.577. The maximum atomic E-state index is 11.4. The molecule has 0 bridgehead atoms. The van der Waals surface area contributed by atoms with Crippen LogP contribution in [0.1, 0.15) is 25.7 Å². The summed E-state index contributed by atoms with van der Waals surface area (Å²) in [5, 5.41) is 18.1. The Bertz CT molecular complexity index is 487. The molecular weight excluding hydrogens is 224 g/mol. The number of aliphatic hydroxyl groups is 1. The van der Waals surface area contributed by atoms with Crippen LogP contribution in [0.3, 0.4) is 0 Å². The molecule has 1 fully saturated rings. The van der Waals surface area contributed by atoms with E-state index in [-0.39, 0.29) is 17.8 Å². The summed E-state index contributed by atoms with van der Waals surface area (Å²) < 4.78 is 0. The fraction of sp³-hybridized carbons (Fsp3) is 0.700. The first-order valence-electron chi connectivity index (χ1n) is 5.69. The molecule has 1 aromatic heterocycles. The van der Waals surface area contributed by atoms with Gasteiger partial charge in [0.05, 0.1) is 6.61 Å². The largest absolute Gasteiger partial charge is 0.396 e. The van der Waals surface area contributed by atoms with Gasteiger partial charge in [-0.25, -0.2) is 9.89 Å². The summed E-state index contributed by atoms with van der Waals surface area (Å²) in [6.07, 6.45) is 4.07. The molecule has 1 saturated carbocycles. The van der Waals surface area contributed by atoms with Gasteiger partial charge in [0.1, 0.15) is 0 Å². The quantitative estimate of drug-likeness (QED) is 0.563. The summed E-state index contributed by atoms with van der Waals surface area (Å²) in [4.78, 5) is 24.2. The van der Waals surface area contributed by atoms with Gasteiger partial charge in [-0.3, -0.25) is 9.78 Å². The van der Waals surface area contributed by atoms with Crippen molar-refractivity contribution in [3.05, 3.63) is 20.8 Å². The molecule has 0 radical (unpaired) electrons. The lowest BCUT2D eigenvalue weighted by Crippen LogP contribution is -2.34. The van der Waals surface area contributed by atoms with E-state index < -0.39 is 11.2 Å². The van der Waals surface area contributed by atoms with Crippen LogP contribution < -0.4 is 16.6 Å². The number of rotatable bonds is 4. The number of nitrogens with one attached hydrogen (secondary N) is 3. The van der Waals surface area contributed by atoms with Crippen molar-refractivity contribution in [2.24, 2.45) is 5.41 Å². The lowest BCUT2D eigenvalue weighted by atomic mass is 9.87. The van der Waals surface area contributed by atoms with Crippen LogP contribution in [0.2, 0.25) is 0 Å². The zero-order valence-corrected chi connectivity index (χ0v) is 9.45. The molecule has 0 spiro atoms. The van der Waals surface area contributed by atoms with Crippen molar-refractivity contribution in [2.45, 2.75) is 25.7 Å². The molecule has 7 heteroatoms. The Hall–Kier alpha value is -1.63. The zero-order chi connectivity index (χ0) is 12.3. The van der Waals surface area contributed by atoms with E-state index in [1.54, 1.807) is 0 Å². The summed E-state index contributed by atoms with van der Waals surface area (Å²) in [5.74, 6) is 0.0873. The van der Waals surface area contributed by atoms with Crippen LogP contribution in [0.25, 0.3) is 0 Å². The Morgan fingerprint density at radius 3 is 2.65 bits per heavy atom. The molecule has 4 N–H and O–H groups in total. The van der Waals surface area contributed by atoms with E-state index in [0.29, 0.717) is 6.54 Å². The first kappa shape index (κ1) is 11.8. The van der Waals surface area contributed by atoms with E-state index >= 15 is 0 Å². The summed E-state index contributed by atoms with van der Waals surface area (Å²) in [7, 11) is 0. The van der Waals surface area contributed by atoms with Gasteiger partial charge in [0.25, 0.3) is 5.56 Å². The van der Waals surface area contributed by atoms with Crippen LogP contribution in [0.4, 0.5) is 5.82 Å². The van der Waals surface area contributed by atoms with Crippen molar-refractivity contribution in [1.29, 1.82) is 0 Å². The third-order valence-corrected chi connectivity index (χ3v) is 3.34. The normalized spacial score (nSPS) is 18.2. The number of aliphatic hydroxyl groups excluding tert-OH is 1. The van der Waals surface area contributed by atoms with Crippen molar-refractivity contribution in [2.75, 3.05) is 18.5 Å². The number of aromatic amines is 2. The number of H-pyrrole nitrogens is 2. The van der Waals surface area contributed by atoms with Gasteiger partial charge in [-0.05, 0) is 12.8 Å². The van der Waals surface area contributed by atoms with Crippen molar-refractivity contribution in [1.82, 2.24) is 15.2 Å². The van der Waals surface area contributed by atoms with Gasteiger partial charge >= 0.3 is 5.69 Å². The molecule has 17 heavy (non-hydrogen) atoms. The molecule has 94 valence electrons. The van der Waals surface area contributed by atoms with Gasteiger partial charge < -0.3 is 10.4 Å². The van der Waals surface area contributed by atoms with Gasteiger partial charge in [-0.15, -0.1) is 5.10 Å². The Morgan fingerprint density at radius 2 is 2.06 bits per heavy atom. The summed E-state index contributed by atoms with van der Waals surface area (Å²) in [6, 6.07) is 0. The van der Waals surface area contributed by atoms with Crippen LogP contribution in [0.5, 0.6) is 0 Å². The number of hydrogen-bond donors (Lipinski definition) is 4. The maximum Gasteiger partial charge on any atom is 0.342 e. The van der Waals surface area contributed by atoms with Crippen LogP contribution in [0, 0.1) is 5.41 Å². The van der Waals surface area contributed by atoms with Crippen molar-refractivity contribution in [3.63, 3.8) is 0 Å². The van der Waals surface area contributed by atoms with Crippen LogP contribution in [0.15, 0.2) is 9.59 Å². The van der Waals surface area contributed by atoms with E-state index in [4.69, 9.17) is 0 Å². The van der Waals surface area contributed by atoms with Crippen molar-refractivity contribution >= 4 is 5.82 Å². The van der Waals surface area contributed by atoms with Crippen molar-refractivity contribution < 1.29 is 5.11 Å². The highest BCUT2D eigenvalue weighted by molar-refractivity contribution is 5.29. The topological polar surface area (TPSA) is 111 Å². The van der Waals surface area contributed by atoms with Gasteiger partial charge in [0.2, 0.25) is 5.82 Å². The summed E-state index contributed by atoms with van der Waals surface area (Å²) in [6.45, 7) is 0.590. The lowest BCUT2D eigenvalue weighted by Gasteiger charge is -2.26. The second-order valence-corrected chi connectivity index (χ2v) is 4.57. The number of aromatic nitrogens is 3. The SMILES string of the molecule is O=c1[nH]nc(NCC2(CO)CCCC2)c(=O)[nH]1. The van der Waals surface area contributed by atoms with Gasteiger partial charge in [-0.1, -0.05) is 12.8 Å². The Balaban J connectivity index is 2.06. The third kappa shape index (κ3) is 2.55. The smallest absolute Gasteiger partial charge is 0.342 e. The highest BCUT2D eigenvalue weighted by Crippen LogP contribution is 2.37. The molecule has 0 amide bonds. The van der Waals surface area contributed by atoms with Crippen LogP contribution in [-0.2, 0) is 0 Å². The first-order valence-corrected chi connectivity index (χ1v) is 5.69. The Kier molecular flexibility index (Phi) is 3.28. The van der Waals surface area contributed by atoms with E-state index in [1.165, 1.54) is 0 Å². The molecule has 0 unspecified atom stereocenters. The summed E-state index contributed by atoms with van der Waals surface area (Å²) in [5.41, 5.74) is -1.33. The molecule has 7 nitrogen and oxygen atoms in total. The molecule has 0 saturated heterocycles. The summed E-state index contributed by atoms with van der Waals surface area (Å²) >= 11 is 0. The van der Waals surface area contributed by atoms with E-state index in [1.807, 2.05) is 0 Å². The lowest BCUT2D eigenvalue weighted by molar-refractivity contribution is 0.142. The highest BCUT2D eigenvalue weighted by Gasteiger charge is 2.33. The first-order chi connectivity index (χ1) is 8.15. The molecule has 0 aromatic carbocycles. The molecule has 0 aliphatic heterocycles. The van der Waals surface area contributed by atoms with Gasteiger partial charge in [0.15, 0.2) is 0 Å². The highest BCUT2D eigenvalue weighted by atomic mass is 16.3.